The van der Waals surface area contributed by atoms with Gasteiger partial charge in [0, 0.05) is 6.07 Å². The Morgan fingerprint density at radius 1 is 0.970 bits per heavy atom. The maximum atomic E-state index is 12.0. The lowest BCUT2D eigenvalue weighted by molar-refractivity contribution is -0.385. The third-order valence-electron chi connectivity index (χ3n) is 4.33. The molecule has 3 rings (SSSR count). The van der Waals surface area contributed by atoms with E-state index in [1.54, 1.807) is 24.3 Å². The van der Waals surface area contributed by atoms with E-state index in [-0.39, 0.29) is 11.4 Å². The van der Waals surface area contributed by atoms with Crippen molar-refractivity contribution in [2.75, 3.05) is 13.2 Å². The molecule has 3 aromatic rings. The Kier molecular flexibility index (Phi) is 8.35. The molecule has 0 aliphatic heterocycles. The Morgan fingerprint density at radius 3 is 2.48 bits per heavy atom. The van der Waals surface area contributed by atoms with Gasteiger partial charge in [0.05, 0.1) is 17.7 Å². The number of hydrogen-bond acceptors (Lipinski definition) is 7. The molecule has 33 heavy (non-hydrogen) atoms. The lowest BCUT2D eigenvalue weighted by atomic mass is 10.2. The SMILES string of the molecule is CCOc1cc(/C=N\NC(=O)COc2ccccc2[N+](=O)[O-])ccc1OCc1ccccc1. The summed E-state index contributed by atoms with van der Waals surface area (Å²) < 4.78 is 16.8. The normalized spacial score (nSPS) is 10.6. The average Bonchev–Trinajstić information content (AvgIpc) is 2.83. The smallest absolute Gasteiger partial charge is 0.310 e. The van der Waals surface area contributed by atoms with Gasteiger partial charge in [0.1, 0.15) is 6.61 Å². The van der Waals surface area contributed by atoms with Crippen LogP contribution in [0, 0.1) is 10.1 Å². The van der Waals surface area contributed by atoms with E-state index in [0.717, 1.165) is 5.56 Å². The predicted molar refractivity (Wildman–Crippen MR) is 123 cm³/mol. The molecule has 0 spiro atoms. The summed E-state index contributed by atoms with van der Waals surface area (Å²) in [6, 6.07) is 20.9. The number of nitrogens with zero attached hydrogens (tertiary/aromatic N) is 2. The third-order valence-corrected chi connectivity index (χ3v) is 4.33. The number of nitrogens with one attached hydrogen (secondary N) is 1. The van der Waals surface area contributed by atoms with Crippen molar-refractivity contribution in [3.63, 3.8) is 0 Å². The van der Waals surface area contributed by atoms with Gasteiger partial charge in [-0.1, -0.05) is 42.5 Å². The number of nitro benzene ring substituents is 1. The van der Waals surface area contributed by atoms with Gasteiger partial charge in [-0.15, -0.1) is 0 Å². The van der Waals surface area contributed by atoms with Gasteiger partial charge in [-0.25, -0.2) is 5.43 Å². The number of rotatable bonds is 11. The van der Waals surface area contributed by atoms with Gasteiger partial charge in [0.2, 0.25) is 0 Å². The van der Waals surface area contributed by atoms with E-state index in [0.29, 0.717) is 30.3 Å². The highest BCUT2D eigenvalue weighted by molar-refractivity contribution is 5.83. The number of carbonyl (C=O) groups is 1. The molecular weight excluding hydrogens is 426 g/mol. The minimum Gasteiger partial charge on any atom is -0.490 e. The number of hydrazone groups is 1. The molecule has 3 aromatic carbocycles. The molecule has 0 atom stereocenters. The van der Waals surface area contributed by atoms with Crippen molar-refractivity contribution in [3.8, 4) is 17.2 Å². The van der Waals surface area contributed by atoms with Crippen LogP contribution < -0.4 is 19.6 Å². The van der Waals surface area contributed by atoms with Gasteiger partial charge in [0.25, 0.3) is 5.91 Å². The van der Waals surface area contributed by atoms with Gasteiger partial charge in [0.15, 0.2) is 23.9 Å². The number of benzene rings is 3. The standard InChI is InChI=1S/C24H23N3O6/c1-2-31-23-14-19(12-13-22(23)32-16-18-8-4-3-5-9-18)15-25-26-24(28)17-33-21-11-7-6-10-20(21)27(29)30/h3-15H,2,16-17H2,1H3,(H,26,28)/b25-15-. The Labute approximate surface area is 190 Å². The molecular formula is C24H23N3O6. The first kappa shape index (κ1) is 23.3. The van der Waals surface area contributed by atoms with Crippen molar-refractivity contribution in [2.45, 2.75) is 13.5 Å². The molecule has 0 heterocycles. The van der Waals surface area contributed by atoms with Crippen LogP contribution in [0.15, 0.2) is 77.9 Å². The molecule has 1 amide bonds. The van der Waals surface area contributed by atoms with Crippen molar-refractivity contribution in [1.82, 2.24) is 5.43 Å². The first-order chi connectivity index (χ1) is 16.1. The Hall–Kier alpha value is -4.40. The van der Waals surface area contributed by atoms with Crippen molar-refractivity contribution in [2.24, 2.45) is 5.10 Å². The summed E-state index contributed by atoms with van der Waals surface area (Å²) in [6.07, 6.45) is 1.45. The van der Waals surface area contributed by atoms with E-state index in [1.165, 1.54) is 24.4 Å². The number of carbonyl (C=O) groups excluding carboxylic acids is 1. The summed E-state index contributed by atoms with van der Waals surface area (Å²) in [7, 11) is 0. The molecule has 0 fully saturated rings. The number of hydrogen-bond donors (Lipinski definition) is 1. The van der Waals surface area contributed by atoms with Crippen LogP contribution in [0.2, 0.25) is 0 Å². The number of ether oxygens (including phenoxy) is 3. The molecule has 0 unspecified atom stereocenters. The highest BCUT2D eigenvalue weighted by Gasteiger charge is 2.14. The molecule has 1 N–H and O–H groups in total. The molecule has 170 valence electrons. The zero-order chi connectivity index (χ0) is 23.5. The van der Waals surface area contributed by atoms with Gasteiger partial charge in [-0.2, -0.15) is 5.10 Å². The number of amides is 1. The molecule has 0 aliphatic carbocycles. The van der Waals surface area contributed by atoms with Gasteiger partial charge in [-0.3, -0.25) is 14.9 Å². The van der Waals surface area contributed by atoms with Crippen LogP contribution in [-0.4, -0.2) is 30.3 Å². The Morgan fingerprint density at radius 2 is 1.73 bits per heavy atom. The minimum absolute atomic E-state index is 0.00840. The van der Waals surface area contributed by atoms with E-state index < -0.39 is 17.4 Å². The molecule has 0 radical (unpaired) electrons. The molecule has 0 aromatic heterocycles. The third kappa shape index (κ3) is 7.06. The van der Waals surface area contributed by atoms with Gasteiger partial charge in [-0.05, 0) is 42.3 Å². The van der Waals surface area contributed by atoms with Crippen LogP contribution in [-0.2, 0) is 11.4 Å². The summed E-state index contributed by atoms with van der Waals surface area (Å²) in [4.78, 5) is 22.4. The maximum Gasteiger partial charge on any atom is 0.310 e. The minimum atomic E-state index is -0.575. The quantitative estimate of drug-likeness (QED) is 0.268. The topological polar surface area (TPSA) is 112 Å². The fraction of sp³-hybridized carbons (Fsp3) is 0.167. The van der Waals surface area contributed by atoms with Gasteiger partial charge < -0.3 is 14.2 Å². The monoisotopic (exact) mass is 449 g/mol. The van der Waals surface area contributed by atoms with E-state index in [1.807, 2.05) is 37.3 Å². The van der Waals surface area contributed by atoms with Crippen molar-refractivity contribution < 1.29 is 23.9 Å². The number of nitro groups is 1. The first-order valence-electron chi connectivity index (χ1n) is 10.2. The molecule has 9 nitrogen and oxygen atoms in total. The second kappa shape index (κ2) is 11.8. The maximum absolute atomic E-state index is 12.0. The summed E-state index contributed by atoms with van der Waals surface area (Å²) >= 11 is 0. The fourth-order valence-electron chi connectivity index (χ4n) is 2.81. The van der Waals surface area contributed by atoms with Crippen molar-refractivity contribution in [1.29, 1.82) is 0 Å². The van der Waals surface area contributed by atoms with Crippen LogP contribution in [0.25, 0.3) is 0 Å². The zero-order valence-corrected chi connectivity index (χ0v) is 18.0. The Bertz CT molecular complexity index is 1120. The second-order valence-electron chi connectivity index (χ2n) is 6.72. The second-order valence-corrected chi connectivity index (χ2v) is 6.72. The molecule has 0 saturated heterocycles. The highest BCUT2D eigenvalue weighted by Crippen LogP contribution is 2.29. The molecule has 0 saturated carbocycles. The summed E-state index contributed by atoms with van der Waals surface area (Å²) in [5, 5.41) is 14.9. The lowest BCUT2D eigenvalue weighted by Gasteiger charge is -2.12. The van der Waals surface area contributed by atoms with Crippen LogP contribution in [0.1, 0.15) is 18.1 Å². The van der Waals surface area contributed by atoms with Gasteiger partial charge >= 0.3 is 5.69 Å². The summed E-state index contributed by atoms with van der Waals surface area (Å²) in [5.41, 5.74) is 3.83. The van der Waals surface area contributed by atoms with E-state index in [4.69, 9.17) is 14.2 Å². The zero-order valence-electron chi connectivity index (χ0n) is 18.0. The van der Waals surface area contributed by atoms with E-state index in [9.17, 15) is 14.9 Å². The highest BCUT2D eigenvalue weighted by atomic mass is 16.6. The van der Waals surface area contributed by atoms with Crippen LogP contribution in [0.3, 0.4) is 0 Å². The number of para-hydroxylation sites is 2. The van der Waals surface area contributed by atoms with Crippen molar-refractivity contribution in [3.05, 3.63) is 94.0 Å². The molecule has 0 aliphatic rings. The van der Waals surface area contributed by atoms with Crippen LogP contribution >= 0.6 is 0 Å². The van der Waals surface area contributed by atoms with E-state index in [2.05, 4.69) is 10.5 Å². The van der Waals surface area contributed by atoms with Crippen LogP contribution in [0.5, 0.6) is 17.2 Å². The van der Waals surface area contributed by atoms with Crippen LogP contribution in [0.4, 0.5) is 5.69 Å². The molecule has 0 bridgehead atoms. The molecule has 9 heteroatoms. The Balaban J connectivity index is 1.56. The summed E-state index contributed by atoms with van der Waals surface area (Å²) in [5.74, 6) is 0.606. The van der Waals surface area contributed by atoms with E-state index >= 15 is 0 Å². The predicted octanol–water partition coefficient (Wildman–Crippen LogP) is 4.10. The summed E-state index contributed by atoms with van der Waals surface area (Å²) in [6.45, 7) is 2.32. The largest absolute Gasteiger partial charge is 0.490 e. The fourth-order valence-corrected chi connectivity index (χ4v) is 2.81. The average molecular weight is 449 g/mol. The van der Waals surface area contributed by atoms with Crippen molar-refractivity contribution >= 4 is 17.8 Å². The lowest BCUT2D eigenvalue weighted by Crippen LogP contribution is -2.24. The first-order valence-corrected chi connectivity index (χ1v) is 10.2.